The lowest BCUT2D eigenvalue weighted by Gasteiger charge is -2.23. The molecule has 0 radical (unpaired) electrons. The fourth-order valence-corrected chi connectivity index (χ4v) is 1.74. The zero-order valence-corrected chi connectivity index (χ0v) is 11.1. The molecular weight excluding hydrogens is 222 g/mol. The molecule has 2 rings (SSSR count). The first kappa shape index (κ1) is 12.4. The molecule has 1 heterocycles. The summed E-state index contributed by atoms with van der Waals surface area (Å²) < 4.78 is 0. The Kier molecular flexibility index (Phi) is 3.82. The van der Waals surface area contributed by atoms with E-state index in [-0.39, 0.29) is 0 Å². The van der Waals surface area contributed by atoms with E-state index in [9.17, 15) is 0 Å². The van der Waals surface area contributed by atoms with Gasteiger partial charge in [-0.3, -0.25) is 5.01 Å². The van der Waals surface area contributed by atoms with Crippen molar-refractivity contribution in [2.24, 2.45) is 5.10 Å². The second-order valence-corrected chi connectivity index (χ2v) is 4.49. The maximum atomic E-state index is 4.45. The topological polar surface area (TPSA) is 18.8 Å². The lowest BCUT2D eigenvalue weighted by molar-refractivity contribution is 0.402. The average Bonchev–Trinajstić information content (AvgIpc) is 2.41. The third-order valence-corrected chi connectivity index (χ3v) is 3.09. The number of allylic oxidation sites excluding steroid dienone is 2. The van der Waals surface area contributed by atoms with Crippen LogP contribution < -0.4 is 5.01 Å². The zero-order valence-electron chi connectivity index (χ0n) is 11.1. The first-order chi connectivity index (χ1) is 8.66. The summed E-state index contributed by atoms with van der Waals surface area (Å²) in [5.74, 6) is 0. The molecular formula is C15H19N3. The Balaban J connectivity index is 2.04. The fraction of sp³-hybridized carbons (Fsp3) is 0.267. The summed E-state index contributed by atoms with van der Waals surface area (Å²) in [6.07, 6.45) is 8.24. The van der Waals surface area contributed by atoms with E-state index in [1.807, 2.05) is 48.6 Å². The smallest absolute Gasteiger partial charge is 0.0590 e. The van der Waals surface area contributed by atoms with Crippen molar-refractivity contribution in [1.82, 2.24) is 4.90 Å². The maximum Gasteiger partial charge on any atom is 0.0590 e. The monoisotopic (exact) mass is 241 g/mol. The van der Waals surface area contributed by atoms with Crippen molar-refractivity contribution in [2.75, 3.05) is 19.1 Å². The lowest BCUT2D eigenvalue weighted by Crippen LogP contribution is -2.24. The molecule has 3 nitrogen and oxygen atoms in total. The molecule has 1 aliphatic heterocycles. The van der Waals surface area contributed by atoms with Gasteiger partial charge >= 0.3 is 0 Å². The van der Waals surface area contributed by atoms with Crippen molar-refractivity contribution in [3.05, 3.63) is 54.3 Å². The van der Waals surface area contributed by atoms with Gasteiger partial charge in [-0.15, -0.1) is 0 Å². The Morgan fingerprint density at radius 2 is 2.00 bits per heavy atom. The van der Waals surface area contributed by atoms with Gasteiger partial charge in [0.25, 0.3) is 0 Å². The molecule has 0 bridgehead atoms. The zero-order chi connectivity index (χ0) is 13.0. The first-order valence-corrected chi connectivity index (χ1v) is 6.11. The summed E-state index contributed by atoms with van der Waals surface area (Å²) in [7, 11) is 4.02. The standard InChI is InChI=1S/C15H19N3/c1-13-11-14(9-10-17(13)2)12-16-18(3)15-7-5-4-6-8-15/h4-13H,1-3H3/b16-12+. The SMILES string of the molecule is CC1C=C(/C=N/N(C)c2ccccc2)C=CN1C. The number of anilines is 1. The molecule has 0 aliphatic carbocycles. The van der Waals surface area contributed by atoms with Crippen LogP contribution in [0, 0.1) is 0 Å². The molecule has 0 spiro atoms. The summed E-state index contributed by atoms with van der Waals surface area (Å²) >= 11 is 0. The predicted octanol–water partition coefficient (Wildman–Crippen LogP) is 2.88. The van der Waals surface area contributed by atoms with Crippen molar-refractivity contribution >= 4 is 11.9 Å². The minimum absolute atomic E-state index is 0.415. The molecule has 1 atom stereocenters. The molecule has 1 aromatic rings. The fourth-order valence-electron chi connectivity index (χ4n) is 1.74. The van der Waals surface area contributed by atoms with Crippen molar-refractivity contribution in [1.29, 1.82) is 0 Å². The van der Waals surface area contributed by atoms with Crippen molar-refractivity contribution in [2.45, 2.75) is 13.0 Å². The van der Waals surface area contributed by atoms with E-state index in [4.69, 9.17) is 0 Å². The first-order valence-electron chi connectivity index (χ1n) is 6.11. The molecule has 1 aromatic carbocycles. The molecule has 0 amide bonds. The van der Waals surface area contributed by atoms with Gasteiger partial charge in [0, 0.05) is 20.1 Å². The third-order valence-electron chi connectivity index (χ3n) is 3.09. The largest absolute Gasteiger partial charge is 0.374 e. The lowest BCUT2D eigenvalue weighted by atomic mass is 10.1. The maximum absolute atomic E-state index is 4.45. The van der Waals surface area contributed by atoms with Gasteiger partial charge in [-0.25, -0.2) is 0 Å². The van der Waals surface area contributed by atoms with Crippen LogP contribution >= 0.6 is 0 Å². The summed E-state index contributed by atoms with van der Waals surface area (Å²) in [6, 6.07) is 10.5. The molecule has 1 unspecified atom stereocenters. The number of hydrogen-bond acceptors (Lipinski definition) is 3. The second kappa shape index (κ2) is 5.54. The van der Waals surface area contributed by atoms with E-state index >= 15 is 0 Å². The van der Waals surface area contributed by atoms with Gasteiger partial charge in [0.15, 0.2) is 0 Å². The quantitative estimate of drug-likeness (QED) is 0.598. The van der Waals surface area contributed by atoms with Crippen LogP contribution in [0.5, 0.6) is 0 Å². The Morgan fingerprint density at radius 1 is 1.28 bits per heavy atom. The number of hydrogen-bond donors (Lipinski definition) is 0. The van der Waals surface area contributed by atoms with Gasteiger partial charge in [-0.05, 0) is 36.9 Å². The van der Waals surface area contributed by atoms with Crippen LogP contribution in [0.25, 0.3) is 0 Å². The summed E-state index contributed by atoms with van der Waals surface area (Å²) in [5, 5.41) is 6.32. The van der Waals surface area contributed by atoms with Crippen LogP contribution in [0.15, 0.2) is 59.4 Å². The van der Waals surface area contributed by atoms with Crippen LogP contribution in [0.4, 0.5) is 5.69 Å². The van der Waals surface area contributed by atoms with Crippen LogP contribution in [-0.4, -0.2) is 31.3 Å². The molecule has 3 heteroatoms. The Morgan fingerprint density at radius 3 is 2.67 bits per heavy atom. The number of nitrogens with zero attached hydrogens (tertiary/aromatic N) is 3. The van der Waals surface area contributed by atoms with Gasteiger partial charge in [-0.1, -0.05) is 24.3 Å². The van der Waals surface area contributed by atoms with E-state index in [0.29, 0.717) is 6.04 Å². The van der Waals surface area contributed by atoms with E-state index < -0.39 is 0 Å². The number of hydrazone groups is 1. The van der Waals surface area contributed by atoms with Crippen molar-refractivity contribution in [3.8, 4) is 0 Å². The molecule has 94 valence electrons. The predicted molar refractivity (Wildman–Crippen MR) is 77.8 cm³/mol. The highest BCUT2D eigenvalue weighted by atomic mass is 15.4. The Labute approximate surface area is 109 Å². The van der Waals surface area contributed by atoms with Gasteiger partial charge in [0.05, 0.1) is 11.9 Å². The highest BCUT2D eigenvalue weighted by molar-refractivity contribution is 5.83. The van der Waals surface area contributed by atoms with Gasteiger partial charge in [-0.2, -0.15) is 5.10 Å². The summed E-state index contributed by atoms with van der Waals surface area (Å²) in [4.78, 5) is 2.16. The normalized spacial score (nSPS) is 19.2. The van der Waals surface area contributed by atoms with Crippen molar-refractivity contribution in [3.63, 3.8) is 0 Å². The molecule has 0 aromatic heterocycles. The second-order valence-electron chi connectivity index (χ2n) is 4.49. The number of rotatable bonds is 3. The van der Waals surface area contributed by atoms with E-state index in [1.165, 1.54) is 0 Å². The molecule has 0 N–H and O–H groups in total. The molecule has 1 aliphatic rings. The number of benzene rings is 1. The molecule has 0 saturated carbocycles. The molecule has 0 fully saturated rings. The van der Waals surface area contributed by atoms with Gasteiger partial charge in [0.1, 0.15) is 0 Å². The van der Waals surface area contributed by atoms with Gasteiger partial charge in [0.2, 0.25) is 0 Å². The number of likely N-dealkylation sites (N-methyl/N-ethyl adjacent to an activating group) is 1. The third kappa shape index (κ3) is 3.00. The highest BCUT2D eigenvalue weighted by Crippen LogP contribution is 2.13. The Hall–Kier alpha value is -2.03. The molecule has 18 heavy (non-hydrogen) atoms. The van der Waals surface area contributed by atoms with Crippen LogP contribution in [0.3, 0.4) is 0 Å². The minimum atomic E-state index is 0.415. The van der Waals surface area contributed by atoms with Gasteiger partial charge < -0.3 is 4.90 Å². The van der Waals surface area contributed by atoms with Crippen molar-refractivity contribution < 1.29 is 0 Å². The number of para-hydroxylation sites is 1. The highest BCUT2D eigenvalue weighted by Gasteiger charge is 2.07. The summed E-state index contributed by atoms with van der Waals surface area (Å²) in [5.41, 5.74) is 2.22. The Bertz CT molecular complexity index is 474. The van der Waals surface area contributed by atoms with Crippen LogP contribution in [-0.2, 0) is 0 Å². The van der Waals surface area contributed by atoms with E-state index in [2.05, 4.69) is 42.3 Å². The minimum Gasteiger partial charge on any atom is -0.374 e. The molecule has 0 saturated heterocycles. The van der Waals surface area contributed by atoms with E-state index in [1.54, 1.807) is 0 Å². The van der Waals surface area contributed by atoms with Crippen LogP contribution in [0.1, 0.15) is 6.92 Å². The van der Waals surface area contributed by atoms with E-state index in [0.717, 1.165) is 11.3 Å². The summed E-state index contributed by atoms with van der Waals surface area (Å²) in [6.45, 7) is 2.16. The van der Waals surface area contributed by atoms with Crippen LogP contribution in [0.2, 0.25) is 0 Å². The average molecular weight is 241 g/mol.